The average Bonchev–Trinajstić information content (AvgIpc) is 2.67. The average molecular weight is 368 g/mol. The topological polar surface area (TPSA) is 52.6 Å². The fraction of sp³-hybridized carbons (Fsp3) is 0.391. The van der Waals surface area contributed by atoms with Gasteiger partial charge in [-0.3, -0.25) is 0 Å². The molecule has 4 heteroatoms. The fourth-order valence-corrected chi connectivity index (χ4v) is 2.68. The molecule has 4 nitrogen and oxygen atoms in total. The van der Waals surface area contributed by atoms with Gasteiger partial charge >= 0.3 is 11.9 Å². The van der Waals surface area contributed by atoms with Crippen LogP contribution in [-0.2, 0) is 9.47 Å². The van der Waals surface area contributed by atoms with Crippen molar-refractivity contribution in [3.05, 3.63) is 71.8 Å². The summed E-state index contributed by atoms with van der Waals surface area (Å²) in [6.45, 7) is 8.01. The Hall–Kier alpha value is -2.62. The summed E-state index contributed by atoms with van der Waals surface area (Å²) in [7, 11) is 0. The van der Waals surface area contributed by atoms with Crippen molar-refractivity contribution in [3.63, 3.8) is 0 Å². The van der Waals surface area contributed by atoms with Crippen molar-refractivity contribution in [2.24, 2.45) is 5.41 Å². The molecular formula is C23H28O4. The van der Waals surface area contributed by atoms with E-state index in [1.54, 1.807) is 48.5 Å². The molecule has 144 valence electrons. The maximum atomic E-state index is 12.5. The summed E-state index contributed by atoms with van der Waals surface area (Å²) in [6, 6.07) is 17.8. The second-order valence-electron chi connectivity index (χ2n) is 7.66. The summed E-state index contributed by atoms with van der Waals surface area (Å²) in [6.07, 6.45) is 0.398. The van der Waals surface area contributed by atoms with Gasteiger partial charge in [0.05, 0.1) is 11.1 Å². The van der Waals surface area contributed by atoms with Crippen LogP contribution < -0.4 is 0 Å². The van der Waals surface area contributed by atoms with E-state index in [-0.39, 0.29) is 29.6 Å². The molecule has 0 fully saturated rings. The van der Waals surface area contributed by atoms with Crippen LogP contribution in [0.15, 0.2) is 60.7 Å². The van der Waals surface area contributed by atoms with E-state index in [4.69, 9.17) is 9.47 Å². The van der Waals surface area contributed by atoms with Gasteiger partial charge in [0.2, 0.25) is 0 Å². The first-order valence-electron chi connectivity index (χ1n) is 9.33. The number of carbonyl (C=O) groups is 2. The first-order valence-corrected chi connectivity index (χ1v) is 9.33. The number of rotatable bonds is 7. The van der Waals surface area contributed by atoms with Gasteiger partial charge in [-0.1, -0.05) is 64.1 Å². The molecule has 27 heavy (non-hydrogen) atoms. The van der Waals surface area contributed by atoms with Crippen molar-refractivity contribution >= 4 is 11.9 Å². The van der Waals surface area contributed by atoms with E-state index in [1.165, 1.54) is 0 Å². The maximum absolute atomic E-state index is 12.5. The van der Waals surface area contributed by atoms with Gasteiger partial charge in [-0.25, -0.2) is 9.59 Å². The predicted molar refractivity (Wildman–Crippen MR) is 106 cm³/mol. The van der Waals surface area contributed by atoms with Crippen molar-refractivity contribution in [2.45, 2.75) is 52.7 Å². The minimum absolute atomic E-state index is 0.281. The van der Waals surface area contributed by atoms with Crippen molar-refractivity contribution in [2.75, 3.05) is 0 Å². The maximum Gasteiger partial charge on any atom is 0.338 e. The zero-order valence-corrected chi connectivity index (χ0v) is 16.5. The van der Waals surface area contributed by atoms with Gasteiger partial charge in [-0.2, -0.15) is 0 Å². The molecule has 0 N–H and O–H groups in total. The second kappa shape index (κ2) is 9.36. The van der Waals surface area contributed by atoms with Crippen LogP contribution >= 0.6 is 0 Å². The van der Waals surface area contributed by atoms with E-state index in [0.29, 0.717) is 24.0 Å². The zero-order chi connectivity index (χ0) is 19.9. The highest BCUT2D eigenvalue weighted by atomic mass is 16.6. The molecule has 2 aromatic rings. The van der Waals surface area contributed by atoms with E-state index in [0.717, 1.165) is 0 Å². The Balaban J connectivity index is 2.07. The van der Waals surface area contributed by atoms with Crippen LogP contribution in [0.25, 0.3) is 0 Å². The highest BCUT2D eigenvalue weighted by Crippen LogP contribution is 2.29. The number of hydrogen-bond acceptors (Lipinski definition) is 4. The molecule has 0 bridgehead atoms. The minimum Gasteiger partial charge on any atom is -0.459 e. The monoisotopic (exact) mass is 368 g/mol. The number of esters is 2. The molecule has 0 radical (unpaired) electrons. The largest absolute Gasteiger partial charge is 0.459 e. The Bertz CT molecular complexity index is 732. The molecule has 0 amide bonds. The highest BCUT2D eigenvalue weighted by Gasteiger charge is 2.32. The van der Waals surface area contributed by atoms with Crippen LogP contribution in [0.4, 0.5) is 0 Å². The third kappa shape index (κ3) is 6.24. The second-order valence-corrected chi connectivity index (χ2v) is 7.66. The van der Waals surface area contributed by atoms with Gasteiger partial charge in [0.25, 0.3) is 0 Å². The van der Waals surface area contributed by atoms with Gasteiger partial charge in [0, 0.05) is 6.42 Å². The Kier molecular flexibility index (Phi) is 7.17. The van der Waals surface area contributed by atoms with E-state index in [2.05, 4.69) is 0 Å². The molecule has 0 saturated carbocycles. The number of hydrogen-bond donors (Lipinski definition) is 0. The quantitative estimate of drug-likeness (QED) is 0.624. The van der Waals surface area contributed by atoms with Crippen LogP contribution in [0, 0.1) is 5.41 Å². The smallest absolute Gasteiger partial charge is 0.338 e. The van der Waals surface area contributed by atoms with Gasteiger partial charge < -0.3 is 9.47 Å². The Morgan fingerprint density at radius 3 is 1.67 bits per heavy atom. The first-order chi connectivity index (χ1) is 12.8. The molecule has 0 aliphatic carbocycles. The first kappa shape index (κ1) is 20.7. The lowest BCUT2D eigenvalue weighted by Crippen LogP contribution is -2.36. The summed E-state index contributed by atoms with van der Waals surface area (Å²) >= 11 is 0. The Morgan fingerprint density at radius 1 is 0.815 bits per heavy atom. The van der Waals surface area contributed by atoms with Crippen LogP contribution in [0.1, 0.15) is 61.3 Å². The van der Waals surface area contributed by atoms with E-state index in [9.17, 15) is 9.59 Å². The minimum atomic E-state index is -0.376. The molecule has 0 saturated heterocycles. The van der Waals surface area contributed by atoms with Crippen molar-refractivity contribution in [1.82, 2.24) is 0 Å². The predicted octanol–water partition coefficient (Wildman–Crippen LogP) is 5.28. The molecule has 0 aromatic heterocycles. The van der Waals surface area contributed by atoms with Crippen LogP contribution in [0.2, 0.25) is 0 Å². The van der Waals surface area contributed by atoms with E-state index >= 15 is 0 Å². The van der Waals surface area contributed by atoms with Gasteiger partial charge in [0.15, 0.2) is 0 Å². The third-order valence-electron chi connectivity index (χ3n) is 4.44. The number of carbonyl (C=O) groups excluding carboxylic acids is 2. The van der Waals surface area contributed by atoms with Gasteiger partial charge in [0.1, 0.15) is 12.2 Å². The van der Waals surface area contributed by atoms with Crippen molar-refractivity contribution in [1.29, 1.82) is 0 Å². The lowest BCUT2D eigenvalue weighted by molar-refractivity contribution is -0.0318. The Labute approximate surface area is 161 Å². The van der Waals surface area contributed by atoms with E-state index in [1.807, 2.05) is 39.8 Å². The lowest BCUT2D eigenvalue weighted by atomic mass is 9.85. The third-order valence-corrected chi connectivity index (χ3v) is 4.44. The molecule has 0 aliphatic rings. The molecule has 2 aromatic carbocycles. The standard InChI is InChI=1S/C23H28O4/c1-5-19(26-21(24)17-12-8-6-9-13-17)16-20(23(2,3)4)27-22(25)18-14-10-7-11-15-18/h6-15,19-20H,5,16H2,1-4H3. The normalized spacial score (nSPS) is 13.5. The molecular weight excluding hydrogens is 340 g/mol. The molecule has 2 unspecified atom stereocenters. The van der Waals surface area contributed by atoms with Crippen LogP contribution in [0.3, 0.4) is 0 Å². The summed E-state index contributed by atoms with van der Waals surface area (Å²) in [5.41, 5.74) is 0.752. The summed E-state index contributed by atoms with van der Waals surface area (Å²) < 4.78 is 11.5. The molecule has 0 aliphatic heterocycles. The fourth-order valence-electron chi connectivity index (χ4n) is 2.68. The summed E-state index contributed by atoms with van der Waals surface area (Å²) in [5.74, 6) is -0.718. The molecule has 2 atom stereocenters. The van der Waals surface area contributed by atoms with E-state index < -0.39 is 0 Å². The summed E-state index contributed by atoms with van der Waals surface area (Å²) in [4.78, 5) is 24.8. The molecule has 0 heterocycles. The Morgan fingerprint density at radius 2 is 1.26 bits per heavy atom. The lowest BCUT2D eigenvalue weighted by Gasteiger charge is -2.32. The SMILES string of the molecule is CCC(CC(OC(=O)c1ccccc1)C(C)(C)C)OC(=O)c1ccccc1. The number of ether oxygens (including phenoxy) is 2. The van der Waals surface area contributed by atoms with Crippen molar-refractivity contribution < 1.29 is 19.1 Å². The summed E-state index contributed by atoms with van der Waals surface area (Å²) in [5, 5.41) is 0. The van der Waals surface area contributed by atoms with Gasteiger partial charge in [-0.05, 0) is 36.1 Å². The number of benzene rings is 2. The zero-order valence-electron chi connectivity index (χ0n) is 16.5. The van der Waals surface area contributed by atoms with Crippen LogP contribution in [0.5, 0.6) is 0 Å². The van der Waals surface area contributed by atoms with Crippen molar-refractivity contribution in [3.8, 4) is 0 Å². The molecule has 0 spiro atoms. The van der Waals surface area contributed by atoms with Gasteiger partial charge in [-0.15, -0.1) is 0 Å². The highest BCUT2D eigenvalue weighted by molar-refractivity contribution is 5.90. The molecule has 2 rings (SSSR count). The van der Waals surface area contributed by atoms with Crippen LogP contribution in [-0.4, -0.2) is 24.1 Å².